The predicted octanol–water partition coefficient (Wildman–Crippen LogP) is 1.83. The first-order valence-electron chi connectivity index (χ1n) is 5.59. The molecule has 2 saturated heterocycles. The highest BCUT2D eigenvalue weighted by Crippen LogP contribution is 2.34. The number of ether oxygens (including phenoxy) is 2. The quantitative estimate of drug-likeness (QED) is 0.723. The van der Waals surface area contributed by atoms with Crippen molar-refractivity contribution in [2.75, 3.05) is 0 Å². The number of hydrogen-bond acceptors (Lipinski definition) is 3. The van der Waals surface area contributed by atoms with E-state index in [0.717, 1.165) is 19.3 Å². The number of carbonyl (C=O) groups is 1. The molecule has 2 bridgehead atoms. The van der Waals surface area contributed by atoms with Crippen molar-refractivity contribution in [1.29, 1.82) is 0 Å². The molecule has 2 heterocycles. The molecule has 0 aromatic heterocycles. The van der Waals surface area contributed by atoms with Crippen LogP contribution in [-0.4, -0.2) is 29.9 Å². The third-order valence-corrected chi connectivity index (χ3v) is 2.81. The lowest BCUT2D eigenvalue weighted by atomic mass is 9.96. The number of alkyl carbamates (subject to hydrolysis) is 1. The molecule has 1 amide bonds. The smallest absolute Gasteiger partial charge is 0.407 e. The van der Waals surface area contributed by atoms with Gasteiger partial charge in [0.05, 0.1) is 18.2 Å². The molecule has 15 heavy (non-hydrogen) atoms. The van der Waals surface area contributed by atoms with Crippen molar-refractivity contribution in [3.05, 3.63) is 0 Å². The lowest BCUT2D eigenvalue weighted by molar-refractivity contribution is 0.0461. The summed E-state index contributed by atoms with van der Waals surface area (Å²) in [4.78, 5) is 11.5. The SMILES string of the molecule is CC(C)(C)OC(=O)N[C@H]1C[C@@H]2CC[C@@H]1O2. The Morgan fingerprint density at radius 3 is 2.60 bits per heavy atom. The van der Waals surface area contributed by atoms with E-state index in [4.69, 9.17) is 9.47 Å². The van der Waals surface area contributed by atoms with Crippen molar-refractivity contribution >= 4 is 6.09 Å². The molecule has 0 spiro atoms. The van der Waals surface area contributed by atoms with Crippen LogP contribution < -0.4 is 5.32 Å². The molecule has 0 saturated carbocycles. The maximum Gasteiger partial charge on any atom is 0.407 e. The van der Waals surface area contributed by atoms with Crippen LogP contribution in [0.25, 0.3) is 0 Å². The summed E-state index contributed by atoms with van der Waals surface area (Å²) < 4.78 is 10.8. The lowest BCUT2D eigenvalue weighted by Crippen LogP contribution is -2.43. The summed E-state index contributed by atoms with van der Waals surface area (Å²) in [7, 11) is 0. The van der Waals surface area contributed by atoms with Crippen LogP contribution in [0.15, 0.2) is 0 Å². The highest BCUT2D eigenvalue weighted by Gasteiger charge is 2.41. The summed E-state index contributed by atoms with van der Waals surface area (Å²) in [5.74, 6) is 0. The molecule has 0 radical (unpaired) electrons. The van der Waals surface area contributed by atoms with Crippen molar-refractivity contribution in [3.8, 4) is 0 Å². The Morgan fingerprint density at radius 2 is 2.13 bits per heavy atom. The summed E-state index contributed by atoms with van der Waals surface area (Å²) in [5, 5.41) is 2.88. The van der Waals surface area contributed by atoms with Gasteiger partial charge in [-0.25, -0.2) is 4.79 Å². The second-order valence-corrected chi connectivity index (χ2v) is 5.36. The molecule has 1 N–H and O–H groups in total. The molecule has 2 aliphatic heterocycles. The second-order valence-electron chi connectivity index (χ2n) is 5.36. The predicted molar refractivity (Wildman–Crippen MR) is 55.7 cm³/mol. The van der Waals surface area contributed by atoms with E-state index in [1.165, 1.54) is 0 Å². The molecule has 4 heteroatoms. The maximum atomic E-state index is 11.5. The molecule has 0 aromatic carbocycles. The van der Waals surface area contributed by atoms with Gasteiger partial charge >= 0.3 is 6.09 Å². The number of hydrogen-bond donors (Lipinski definition) is 1. The van der Waals surface area contributed by atoms with Gasteiger partial charge in [0.25, 0.3) is 0 Å². The molecule has 0 aromatic rings. The van der Waals surface area contributed by atoms with E-state index in [2.05, 4.69) is 5.32 Å². The van der Waals surface area contributed by atoms with Gasteiger partial charge in [-0.2, -0.15) is 0 Å². The third-order valence-electron chi connectivity index (χ3n) is 2.81. The summed E-state index contributed by atoms with van der Waals surface area (Å²) in [5.41, 5.74) is -0.428. The van der Waals surface area contributed by atoms with E-state index in [1.54, 1.807) is 0 Å². The molecule has 2 rings (SSSR count). The Bertz CT molecular complexity index is 259. The molecule has 4 nitrogen and oxygen atoms in total. The number of rotatable bonds is 1. The molecule has 2 aliphatic rings. The molecular weight excluding hydrogens is 194 g/mol. The fourth-order valence-electron chi connectivity index (χ4n) is 2.25. The molecule has 3 atom stereocenters. The van der Waals surface area contributed by atoms with Crippen molar-refractivity contribution in [2.45, 2.75) is 63.9 Å². The molecule has 0 unspecified atom stereocenters. The normalized spacial score (nSPS) is 34.2. The Morgan fingerprint density at radius 1 is 1.40 bits per heavy atom. The number of carbonyl (C=O) groups excluding carboxylic acids is 1. The molecule has 0 aliphatic carbocycles. The summed E-state index contributed by atoms with van der Waals surface area (Å²) >= 11 is 0. The van der Waals surface area contributed by atoms with E-state index < -0.39 is 5.60 Å². The Labute approximate surface area is 90.3 Å². The largest absolute Gasteiger partial charge is 0.444 e. The van der Waals surface area contributed by atoms with E-state index in [9.17, 15) is 4.79 Å². The van der Waals surface area contributed by atoms with Crippen LogP contribution in [0, 0.1) is 0 Å². The van der Waals surface area contributed by atoms with Crippen molar-refractivity contribution < 1.29 is 14.3 Å². The van der Waals surface area contributed by atoms with Crippen LogP contribution in [0.2, 0.25) is 0 Å². The lowest BCUT2D eigenvalue weighted by Gasteiger charge is -2.24. The first-order valence-corrected chi connectivity index (χ1v) is 5.59. The third kappa shape index (κ3) is 2.62. The molecular formula is C11H19NO3. The van der Waals surface area contributed by atoms with Gasteiger partial charge in [0, 0.05) is 0 Å². The minimum atomic E-state index is -0.428. The maximum absolute atomic E-state index is 11.5. The van der Waals surface area contributed by atoms with Gasteiger partial charge < -0.3 is 14.8 Å². The number of amides is 1. The zero-order valence-electron chi connectivity index (χ0n) is 9.58. The fourth-order valence-corrected chi connectivity index (χ4v) is 2.25. The van der Waals surface area contributed by atoms with Crippen LogP contribution in [0.4, 0.5) is 4.79 Å². The Hall–Kier alpha value is -0.770. The van der Waals surface area contributed by atoms with Gasteiger partial charge in [-0.15, -0.1) is 0 Å². The van der Waals surface area contributed by atoms with E-state index in [1.807, 2.05) is 20.8 Å². The van der Waals surface area contributed by atoms with Crippen molar-refractivity contribution in [3.63, 3.8) is 0 Å². The van der Waals surface area contributed by atoms with Crippen LogP contribution in [0.5, 0.6) is 0 Å². The average molecular weight is 213 g/mol. The van der Waals surface area contributed by atoms with Gasteiger partial charge in [-0.05, 0) is 40.0 Å². The monoisotopic (exact) mass is 213 g/mol. The van der Waals surface area contributed by atoms with Crippen molar-refractivity contribution in [1.82, 2.24) is 5.32 Å². The van der Waals surface area contributed by atoms with Gasteiger partial charge in [0.1, 0.15) is 5.60 Å². The van der Waals surface area contributed by atoms with Crippen LogP contribution in [0.1, 0.15) is 40.0 Å². The zero-order valence-corrected chi connectivity index (χ0v) is 9.58. The van der Waals surface area contributed by atoms with Crippen molar-refractivity contribution in [2.24, 2.45) is 0 Å². The standard InChI is InChI=1S/C11H19NO3/c1-11(2,3)15-10(13)12-8-6-7-4-5-9(8)14-7/h7-9H,4-6H2,1-3H3,(H,12,13)/t7-,8-,9-/m0/s1. The average Bonchev–Trinajstić information content (AvgIpc) is 2.60. The van der Waals surface area contributed by atoms with Gasteiger partial charge in [0.15, 0.2) is 0 Å². The van der Waals surface area contributed by atoms with Gasteiger partial charge in [-0.3, -0.25) is 0 Å². The number of nitrogens with one attached hydrogen (secondary N) is 1. The topological polar surface area (TPSA) is 47.6 Å². The fraction of sp³-hybridized carbons (Fsp3) is 0.909. The number of fused-ring (bicyclic) bond motifs is 2. The Kier molecular flexibility index (Phi) is 2.63. The minimum absolute atomic E-state index is 0.151. The highest BCUT2D eigenvalue weighted by molar-refractivity contribution is 5.68. The van der Waals surface area contributed by atoms with E-state index in [-0.39, 0.29) is 18.2 Å². The Balaban J connectivity index is 1.80. The van der Waals surface area contributed by atoms with E-state index >= 15 is 0 Å². The zero-order chi connectivity index (χ0) is 11.1. The van der Waals surface area contributed by atoms with Crippen LogP contribution in [0.3, 0.4) is 0 Å². The molecule has 86 valence electrons. The van der Waals surface area contributed by atoms with Gasteiger partial charge in [0.2, 0.25) is 0 Å². The first kappa shape index (κ1) is 10.7. The minimum Gasteiger partial charge on any atom is -0.444 e. The van der Waals surface area contributed by atoms with E-state index in [0.29, 0.717) is 6.10 Å². The summed E-state index contributed by atoms with van der Waals surface area (Å²) in [6, 6.07) is 0.151. The van der Waals surface area contributed by atoms with Gasteiger partial charge in [-0.1, -0.05) is 0 Å². The summed E-state index contributed by atoms with van der Waals surface area (Å²) in [6.07, 6.45) is 3.37. The highest BCUT2D eigenvalue weighted by atomic mass is 16.6. The second kappa shape index (κ2) is 3.67. The molecule has 2 fully saturated rings. The van der Waals surface area contributed by atoms with Crippen LogP contribution >= 0.6 is 0 Å². The summed E-state index contributed by atoms with van der Waals surface area (Å²) in [6.45, 7) is 5.59. The van der Waals surface area contributed by atoms with Crippen LogP contribution in [-0.2, 0) is 9.47 Å². The first-order chi connectivity index (χ1) is 6.94.